The molecular weight excluding hydrogens is 346 g/mol. The highest BCUT2D eigenvalue weighted by Gasteiger charge is 2.38. The minimum absolute atomic E-state index is 0.0000180. The molecule has 1 N–H and O–H groups in total. The highest BCUT2D eigenvalue weighted by Crippen LogP contribution is 2.22. The van der Waals surface area contributed by atoms with E-state index in [0.717, 1.165) is 16.3 Å². The number of hydrogen-bond donors (Lipinski definition) is 1. The molecule has 0 radical (unpaired) electrons. The summed E-state index contributed by atoms with van der Waals surface area (Å²) in [5.41, 5.74) is 1.24. The van der Waals surface area contributed by atoms with Crippen LogP contribution in [0.3, 0.4) is 0 Å². The normalized spacial score (nSPS) is 20.0. The Morgan fingerprint density at radius 2 is 2.00 bits per heavy atom. The molecule has 1 aromatic heterocycles. The zero-order valence-corrected chi connectivity index (χ0v) is 17.4. The number of likely N-dealkylation sites (N-methyl/N-ethyl adjacent to an activating group) is 1. The smallest absolute Gasteiger partial charge is 0.261 e. The van der Waals surface area contributed by atoms with Crippen molar-refractivity contribution in [3.8, 4) is 0 Å². The van der Waals surface area contributed by atoms with Gasteiger partial charge in [-0.3, -0.25) is 14.5 Å². The summed E-state index contributed by atoms with van der Waals surface area (Å²) < 4.78 is 0. The molecule has 2 heterocycles. The minimum Gasteiger partial charge on any atom is -0.347 e. The van der Waals surface area contributed by atoms with Crippen molar-refractivity contribution in [2.75, 3.05) is 26.2 Å². The van der Waals surface area contributed by atoms with Crippen LogP contribution in [0.15, 0.2) is 23.8 Å². The van der Waals surface area contributed by atoms with E-state index in [1.807, 2.05) is 37.8 Å². The van der Waals surface area contributed by atoms with Gasteiger partial charge < -0.3 is 10.2 Å². The van der Waals surface area contributed by atoms with Crippen molar-refractivity contribution in [2.24, 2.45) is 0 Å². The number of carbonyl (C=O) groups is 2. The standard InChI is InChI=1S/C20H31N3O2S/c1-6-22(7-2)20(25)17-12-16(13-23(17)11-10-14(3)4)21-19(24)18-9-8-15(5)26-18/h8-10,16-17H,6-7,11-13H2,1-5H3,(H,21,24). The lowest BCUT2D eigenvalue weighted by molar-refractivity contribution is -0.135. The fourth-order valence-corrected chi connectivity index (χ4v) is 4.10. The molecule has 144 valence electrons. The van der Waals surface area contributed by atoms with Gasteiger partial charge in [-0.25, -0.2) is 0 Å². The van der Waals surface area contributed by atoms with Crippen molar-refractivity contribution in [3.05, 3.63) is 33.5 Å². The molecule has 2 unspecified atom stereocenters. The van der Waals surface area contributed by atoms with Crippen molar-refractivity contribution in [3.63, 3.8) is 0 Å². The predicted molar refractivity (Wildman–Crippen MR) is 108 cm³/mol. The van der Waals surface area contributed by atoms with Crippen LogP contribution in [0.5, 0.6) is 0 Å². The van der Waals surface area contributed by atoms with Crippen molar-refractivity contribution in [1.82, 2.24) is 15.1 Å². The summed E-state index contributed by atoms with van der Waals surface area (Å²) in [6.45, 7) is 13.0. The Hall–Kier alpha value is -1.66. The number of rotatable bonds is 7. The van der Waals surface area contributed by atoms with E-state index in [4.69, 9.17) is 0 Å². The number of thiophene rings is 1. The fourth-order valence-electron chi connectivity index (χ4n) is 3.33. The molecule has 0 aromatic carbocycles. The molecule has 2 rings (SSSR count). The van der Waals surface area contributed by atoms with Gasteiger partial charge >= 0.3 is 0 Å². The topological polar surface area (TPSA) is 52.7 Å². The second-order valence-corrected chi connectivity index (χ2v) is 8.37. The summed E-state index contributed by atoms with van der Waals surface area (Å²) in [5.74, 6) is 0.132. The molecular formula is C20H31N3O2S. The number of allylic oxidation sites excluding steroid dienone is 1. The number of likely N-dealkylation sites (tertiary alicyclic amines) is 1. The zero-order valence-electron chi connectivity index (χ0n) is 16.5. The molecule has 5 nitrogen and oxygen atoms in total. The van der Waals surface area contributed by atoms with Crippen molar-refractivity contribution in [1.29, 1.82) is 0 Å². The molecule has 1 aliphatic heterocycles. The average molecular weight is 378 g/mol. The highest BCUT2D eigenvalue weighted by molar-refractivity contribution is 7.13. The fraction of sp³-hybridized carbons (Fsp3) is 0.600. The molecule has 1 aliphatic rings. The summed E-state index contributed by atoms with van der Waals surface area (Å²) in [6, 6.07) is 3.66. The number of amides is 2. The van der Waals surface area contributed by atoms with E-state index in [1.165, 1.54) is 16.9 Å². The molecule has 1 aromatic rings. The van der Waals surface area contributed by atoms with E-state index >= 15 is 0 Å². The molecule has 2 amide bonds. The van der Waals surface area contributed by atoms with Crippen LogP contribution in [0.1, 0.15) is 48.7 Å². The molecule has 2 atom stereocenters. The van der Waals surface area contributed by atoms with Crippen LogP contribution in [-0.4, -0.2) is 59.9 Å². The second kappa shape index (κ2) is 9.33. The average Bonchev–Trinajstić information content (AvgIpc) is 3.20. The van der Waals surface area contributed by atoms with Crippen LogP contribution in [0.25, 0.3) is 0 Å². The molecule has 6 heteroatoms. The summed E-state index contributed by atoms with van der Waals surface area (Å²) >= 11 is 1.50. The number of nitrogens with one attached hydrogen (secondary N) is 1. The Balaban J connectivity index is 2.09. The van der Waals surface area contributed by atoms with Crippen LogP contribution in [0, 0.1) is 6.92 Å². The third kappa shape index (κ3) is 5.17. The lowest BCUT2D eigenvalue weighted by Gasteiger charge is -2.28. The van der Waals surface area contributed by atoms with Crippen molar-refractivity contribution < 1.29 is 9.59 Å². The van der Waals surface area contributed by atoms with Crippen LogP contribution in [-0.2, 0) is 4.79 Å². The Labute approximate surface area is 161 Å². The Kier molecular flexibility index (Phi) is 7.41. The largest absolute Gasteiger partial charge is 0.347 e. The van der Waals surface area contributed by atoms with Crippen LogP contribution < -0.4 is 5.32 Å². The first kappa shape index (κ1) is 20.6. The first-order valence-corrected chi connectivity index (χ1v) is 10.2. The third-order valence-corrected chi connectivity index (χ3v) is 5.80. The quantitative estimate of drug-likeness (QED) is 0.743. The molecule has 26 heavy (non-hydrogen) atoms. The number of nitrogens with zero attached hydrogens (tertiary/aromatic N) is 2. The van der Waals surface area contributed by atoms with Crippen LogP contribution in [0.2, 0.25) is 0 Å². The third-order valence-electron chi connectivity index (χ3n) is 4.80. The van der Waals surface area contributed by atoms with Gasteiger partial charge in [-0.1, -0.05) is 11.6 Å². The highest BCUT2D eigenvalue weighted by atomic mass is 32.1. The van der Waals surface area contributed by atoms with Gasteiger partial charge in [0.2, 0.25) is 5.91 Å². The van der Waals surface area contributed by atoms with Gasteiger partial charge in [0.05, 0.1) is 10.9 Å². The Morgan fingerprint density at radius 1 is 1.31 bits per heavy atom. The molecule has 0 aliphatic carbocycles. The molecule has 1 saturated heterocycles. The zero-order chi connectivity index (χ0) is 19.3. The van der Waals surface area contributed by atoms with Gasteiger partial charge in [0, 0.05) is 37.1 Å². The lowest BCUT2D eigenvalue weighted by atomic mass is 10.1. The van der Waals surface area contributed by atoms with Gasteiger partial charge in [0.1, 0.15) is 0 Å². The minimum atomic E-state index is -0.166. The van der Waals surface area contributed by atoms with Crippen molar-refractivity contribution in [2.45, 2.75) is 53.1 Å². The van der Waals surface area contributed by atoms with E-state index < -0.39 is 0 Å². The summed E-state index contributed by atoms with van der Waals surface area (Å²) in [6.07, 6.45) is 2.82. The molecule has 1 fully saturated rings. The maximum absolute atomic E-state index is 12.9. The number of aryl methyl sites for hydroxylation is 1. The predicted octanol–water partition coefficient (Wildman–Crippen LogP) is 3.06. The van der Waals surface area contributed by atoms with Gasteiger partial charge in [0.25, 0.3) is 5.91 Å². The summed E-state index contributed by atoms with van der Waals surface area (Å²) in [4.78, 5) is 31.3. The summed E-state index contributed by atoms with van der Waals surface area (Å²) in [7, 11) is 0. The van der Waals surface area contributed by atoms with E-state index in [2.05, 4.69) is 30.1 Å². The number of carbonyl (C=O) groups excluding carboxylic acids is 2. The van der Waals surface area contributed by atoms with Gasteiger partial charge in [-0.15, -0.1) is 11.3 Å². The van der Waals surface area contributed by atoms with E-state index in [0.29, 0.717) is 26.1 Å². The lowest BCUT2D eigenvalue weighted by Crippen LogP contribution is -2.45. The monoisotopic (exact) mass is 377 g/mol. The summed E-state index contributed by atoms with van der Waals surface area (Å²) in [5, 5.41) is 3.12. The molecule has 0 saturated carbocycles. The van der Waals surface area contributed by atoms with Crippen LogP contribution >= 0.6 is 11.3 Å². The second-order valence-electron chi connectivity index (χ2n) is 7.08. The van der Waals surface area contributed by atoms with E-state index in [1.54, 1.807) is 0 Å². The maximum atomic E-state index is 12.9. The van der Waals surface area contributed by atoms with Gasteiger partial charge in [-0.2, -0.15) is 0 Å². The van der Waals surface area contributed by atoms with Crippen LogP contribution in [0.4, 0.5) is 0 Å². The Morgan fingerprint density at radius 3 is 2.54 bits per heavy atom. The first-order valence-electron chi connectivity index (χ1n) is 9.39. The van der Waals surface area contributed by atoms with Gasteiger partial charge in [-0.05, 0) is 53.2 Å². The molecule has 0 spiro atoms. The van der Waals surface area contributed by atoms with E-state index in [-0.39, 0.29) is 23.9 Å². The van der Waals surface area contributed by atoms with Crippen molar-refractivity contribution >= 4 is 23.2 Å². The Bertz CT molecular complexity index is 660. The number of hydrogen-bond acceptors (Lipinski definition) is 4. The molecule has 0 bridgehead atoms. The van der Waals surface area contributed by atoms with E-state index in [9.17, 15) is 9.59 Å². The first-order chi connectivity index (χ1) is 12.3. The maximum Gasteiger partial charge on any atom is 0.261 e. The SMILES string of the molecule is CCN(CC)C(=O)C1CC(NC(=O)c2ccc(C)s2)CN1CC=C(C)C. The van der Waals surface area contributed by atoms with Gasteiger partial charge in [0.15, 0.2) is 0 Å².